The Kier molecular flexibility index (Phi) is 5.58. The molecule has 0 saturated carbocycles. The van der Waals surface area contributed by atoms with Gasteiger partial charge in [0.15, 0.2) is 16.4 Å². The third-order valence-electron chi connectivity index (χ3n) is 3.57. The van der Waals surface area contributed by atoms with E-state index < -0.39 is 9.84 Å². The summed E-state index contributed by atoms with van der Waals surface area (Å²) in [6.45, 7) is 1.99. The van der Waals surface area contributed by atoms with Crippen molar-refractivity contribution in [2.75, 3.05) is 12.4 Å². The van der Waals surface area contributed by atoms with E-state index in [1.807, 2.05) is 0 Å². The molecule has 25 heavy (non-hydrogen) atoms. The molecule has 0 saturated heterocycles. The fraction of sp³-hybridized carbons (Fsp3) is 0.200. The Morgan fingerprint density at radius 3 is 2.64 bits per heavy atom. The summed E-state index contributed by atoms with van der Waals surface area (Å²) in [6, 6.07) is 7.87. The molecule has 1 aromatic carbocycles. The Labute approximate surface area is 156 Å². The molecule has 2 aromatic heterocycles. The molecule has 134 valence electrons. The molecule has 0 aliphatic heterocycles. The van der Waals surface area contributed by atoms with Gasteiger partial charge in [-0.2, -0.15) is 0 Å². The number of benzene rings is 1. The molecule has 0 spiro atoms. The van der Waals surface area contributed by atoms with E-state index in [1.54, 1.807) is 32.2 Å². The van der Waals surface area contributed by atoms with Crippen LogP contribution < -0.4 is 11.1 Å². The van der Waals surface area contributed by atoms with Gasteiger partial charge in [-0.25, -0.2) is 17.9 Å². The van der Waals surface area contributed by atoms with Gasteiger partial charge in [0.2, 0.25) is 9.84 Å². The van der Waals surface area contributed by atoms with Crippen LogP contribution in [0.1, 0.15) is 11.4 Å². The Bertz CT molecular complexity index is 1030. The van der Waals surface area contributed by atoms with Crippen molar-refractivity contribution in [1.82, 2.24) is 14.6 Å². The second-order valence-electron chi connectivity index (χ2n) is 5.22. The topological polar surface area (TPSA) is 102 Å². The maximum Gasteiger partial charge on any atom is 0.214 e. The fourth-order valence-corrected chi connectivity index (χ4v) is 4.30. The fourth-order valence-electron chi connectivity index (χ4n) is 2.50. The molecule has 0 unspecified atom stereocenters. The molecular formula is C15H17Cl2N5O2S. The highest BCUT2D eigenvalue weighted by atomic mass is 35.5. The first kappa shape index (κ1) is 19.5. The summed E-state index contributed by atoms with van der Waals surface area (Å²) in [5.41, 5.74) is 7.31. The first-order valence-electron chi connectivity index (χ1n) is 7.16. The summed E-state index contributed by atoms with van der Waals surface area (Å²) in [7, 11) is -2.26. The van der Waals surface area contributed by atoms with Crippen molar-refractivity contribution in [3.05, 3.63) is 46.7 Å². The third kappa shape index (κ3) is 3.30. The summed E-state index contributed by atoms with van der Waals surface area (Å²) in [5.74, 6) is 0.211. The van der Waals surface area contributed by atoms with Crippen LogP contribution in [0.3, 0.4) is 0 Å². The number of halogens is 2. The van der Waals surface area contributed by atoms with E-state index >= 15 is 0 Å². The SMILES string of the molecule is CNc1nn2c(CN)cc(C)nc2c1S(=O)(=O)c1cccc(Cl)c1.Cl. The summed E-state index contributed by atoms with van der Waals surface area (Å²) < 4.78 is 27.7. The van der Waals surface area contributed by atoms with Crippen LogP contribution in [0.25, 0.3) is 5.65 Å². The average molecular weight is 402 g/mol. The van der Waals surface area contributed by atoms with Crippen LogP contribution in [0.4, 0.5) is 5.82 Å². The normalized spacial score (nSPS) is 11.4. The second kappa shape index (κ2) is 7.17. The Balaban J connectivity index is 0.00000225. The molecule has 0 aliphatic rings. The van der Waals surface area contributed by atoms with E-state index in [1.165, 1.54) is 16.6 Å². The number of nitrogens with zero attached hydrogens (tertiary/aromatic N) is 3. The maximum absolute atomic E-state index is 13.1. The number of nitrogens with one attached hydrogen (secondary N) is 1. The van der Waals surface area contributed by atoms with Crippen LogP contribution >= 0.6 is 24.0 Å². The summed E-state index contributed by atoms with van der Waals surface area (Å²) in [4.78, 5) is 4.45. The second-order valence-corrected chi connectivity index (χ2v) is 7.54. The molecule has 0 radical (unpaired) electrons. The van der Waals surface area contributed by atoms with E-state index in [2.05, 4.69) is 15.4 Å². The number of hydrogen-bond acceptors (Lipinski definition) is 6. The van der Waals surface area contributed by atoms with Gasteiger partial charge in [0.25, 0.3) is 0 Å². The monoisotopic (exact) mass is 401 g/mol. The molecule has 0 bridgehead atoms. The van der Waals surface area contributed by atoms with Gasteiger partial charge in [0.1, 0.15) is 0 Å². The zero-order chi connectivity index (χ0) is 17.5. The lowest BCUT2D eigenvalue weighted by atomic mass is 10.3. The predicted molar refractivity (Wildman–Crippen MR) is 99.3 cm³/mol. The van der Waals surface area contributed by atoms with E-state index in [0.717, 1.165) is 0 Å². The third-order valence-corrected chi connectivity index (χ3v) is 5.59. The standard InChI is InChI=1S/C15H16ClN5O2S.ClH/c1-9-6-11(8-17)21-15(19-9)13(14(18-2)20-21)24(22,23)12-5-3-4-10(16)7-12;/h3-7H,8,17H2,1-2H3,(H,18,20);1H. The molecule has 0 aliphatic carbocycles. The van der Waals surface area contributed by atoms with E-state index in [9.17, 15) is 8.42 Å². The summed E-state index contributed by atoms with van der Waals surface area (Å²) in [6.07, 6.45) is 0. The van der Waals surface area contributed by atoms with E-state index in [-0.39, 0.29) is 40.2 Å². The van der Waals surface area contributed by atoms with Crippen LogP contribution in [-0.2, 0) is 16.4 Å². The largest absolute Gasteiger partial charge is 0.370 e. The van der Waals surface area contributed by atoms with Crippen molar-refractivity contribution >= 4 is 45.3 Å². The van der Waals surface area contributed by atoms with Crippen molar-refractivity contribution in [3.63, 3.8) is 0 Å². The maximum atomic E-state index is 13.1. The van der Waals surface area contributed by atoms with Gasteiger partial charge >= 0.3 is 0 Å². The summed E-state index contributed by atoms with van der Waals surface area (Å²) >= 11 is 5.94. The lowest BCUT2D eigenvalue weighted by Crippen LogP contribution is -2.08. The van der Waals surface area contributed by atoms with Crippen LogP contribution in [0.2, 0.25) is 5.02 Å². The number of sulfone groups is 1. The van der Waals surface area contributed by atoms with Crippen molar-refractivity contribution in [1.29, 1.82) is 0 Å². The lowest BCUT2D eigenvalue weighted by molar-refractivity contribution is 0.597. The number of aromatic nitrogens is 3. The Morgan fingerprint density at radius 1 is 1.32 bits per heavy atom. The zero-order valence-corrected chi connectivity index (χ0v) is 15.9. The van der Waals surface area contributed by atoms with Crippen molar-refractivity contribution in [2.45, 2.75) is 23.3 Å². The number of nitrogens with two attached hydrogens (primary N) is 1. The van der Waals surface area contributed by atoms with Crippen LogP contribution in [0.5, 0.6) is 0 Å². The number of aryl methyl sites for hydroxylation is 1. The van der Waals surface area contributed by atoms with Gasteiger partial charge < -0.3 is 11.1 Å². The first-order chi connectivity index (χ1) is 11.4. The lowest BCUT2D eigenvalue weighted by Gasteiger charge is -2.06. The first-order valence-corrected chi connectivity index (χ1v) is 9.02. The Morgan fingerprint density at radius 2 is 2.04 bits per heavy atom. The molecule has 3 N–H and O–H groups in total. The number of fused-ring (bicyclic) bond motifs is 1. The van der Waals surface area contributed by atoms with Crippen LogP contribution in [0.15, 0.2) is 40.1 Å². The van der Waals surface area contributed by atoms with Gasteiger partial charge in [-0.1, -0.05) is 17.7 Å². The quantitative estimate of drug-likeness (QED) is 0.695. The van der Waals surface area contributed by atoms with Gasteiger partial charge in [-0.3, -0.25) is 0 Å². The highest BCUT2D eigenvalue weighted by Gasteiger charge is 2.29. The zero-order valence-electron chi connectivity index (χ0n) is 13.5. The summed E-state index contributed by atoms with van der Waals surface area (Å²) in [5, 5.41) is 7.47. The van der Waals surface area contributed by atoms with Crippen LogP contribution in [-0.4, -0.2) is 30.1 Å². The van der Waals surface area contributed by atoms with Gasteiger partial charge in [-0.15, -0.1) is 17.5 Å². The van der Waals surface area contributed by atoms with E-state index in [4.69, 9.17) is 17.3 Å². The van der Waals surface area contributed by atoms with Crippen molar-refractivity contribution < 1.29 is 8.42 Å². The molecule has 0 fully saturated rings. The molecule has 3 rings (SSSR count). The highest BCUT2D eigenvalue weighted by Crippen LogP contribution is 2.32. The molecular weight excluding hydrogens is 385 g/mol. The molecule has 0 amide bonds. The van der Waals surface area contributed by atoms with Crippen molar-refractivity contribution in [3.8, 4) is 0 Å². The molecule has 2 heterocycles. The Hall–Kier alpha value is -1.87. The molecule has 0 atom stereocenters. The molecule has 7 nitrogen and oxygen atoms in total. The molecule has 3 aromatic rings. The minimum atomic E-state index is -3.86. The number of hydrogen-bond donors (Lipinski definition) is 2. The van der Waals surface area contributed by atoms with Gasteiger partial charge in [0.05, 0.1) is 10.6 Å². The van der Waals surface area contributed by atoms with Crippen molar-refractivity contribution in [2.24, 2.45) is 5.73 Å². The van der Waals surface area contributed by atoms with Gasteiger partial charge in [0, 0.05) is 24.3 Å². The van der Waals surface area contributed by atoms with Crippen LogP contribution in [0, 0.1) is 6.92 Å². The number of anilines is 1. The smallest absolute Gasteiger partial charge is 0.214 e. The van der Waals surface area contributed by atoms with E-state index in [0.29, 0.717) is 16.4 Å². The predicted octanol–water partition coefficient (Wildman–Crippen LogP) is 2.45. The molecule has 10 heteroatoms. The minimum Gasteiger partial charge on any atom is -0.370 e. The minimum absolute atomic E-state index is 0. The van der Waals surface area contributed by atoms with Gasteiger partial charge in [-0.05, 0) is 31.2 Å². The number of rotatable bonds is 4. The highest BCUT2D eigenvalue weighted by molar-refractivity contribution is 7.91. The average Bonchev–Trinajstić information content (AvgIpc) is 2.93.